The van der Waals surface area contributed by atoms with Crippen LogP contribution in [0.15, 0.2) is 18.6 Å². The summed E-state index contributed by atoms with van der Waals surface area (Å²) in [7, 11) is 0. The van der Waals surface area contributed by atoms with E-state index in [1.165, 1.54) is 10.9 Å². The van der Waals surface area contributed by atoms with Gasteiger partial charge < -0.3 is 10.0 Å². The lowest BCUT2D eigenvalue weighted by molar-refractivity contribution is -0.137. The summed E-state index contributed by atoms with van der Waals surface area (Å²) >= 11 is 0. The van der Waals surface area contributed by atoms with E-state index in [4.69, 9.17) is 5.11 Å². The second-order valence-electron chi connectivity index (χ2n) is 5.55. The lowest BCUT2D eigenvalue weighted by Crippen LogP contribution is -2.30. The molecule has 8 heteroatoms. The lowest BCUT2D eigenvalue weighted by atomic mass is 10.2. The predicted molar refractivity (Wildman–Crippen MR) is 87.5 cm³/mol. The largest absolute Gasteiger partial charge is 0.481 e. The van der Waals surface area contributed by atoms with E-state index < -0.39 is 5.97 Å². The van der Waals surface area contributed by atoms with E-state index in [9.17, 15) is 9.59 Å². The van der Waals surface area contributed by atoms with Crippen molar-refractivity contribution in [2.45, 2.75) is 46.8 Å². The summed E-state index contributed by atoms with van der Waals surface area (Å²) in [5.41, 5.74) is 2.40. The third-order valence-corrected chi connectivity index (χ3v) is 3.84. The van der Waals surface area contributed by atoms with E-state index in [2.05, 4.69) is 10.2 Å². The van der Waals surface area contributed by atoms with Gasteiger partial charge in [-0.25, -0.2) is 0 Å². The lowest BCUT2D eigenvalue weighted by Gasteiger charge is -2.19. The smallest absolute Gasteiger partial charge is 0.305 e. The van der Waals surface area contributed by atoms with Gasteiger partial charge in [0.1, 0.15) is 0 Å². The molecule has 2 aromatic rings. The molecule has 130 valence electrons. The maximum Gasteiger partial charge on any atom is 0.305 e. The van der Waals surface area contributed by atoms with Gasteiger partial charge in [0.2, 0.25) is 0 Å². The first-order valence-corrected chi connectivity index (χ1v) is 8.01. The molecule has 2 aromatic heterocycles. The van der Waals surface area contributed by atoms with E-state index in [0.29, 0.717) is 18.7 Å². The molecular formula is C16H23N5O3. The van der Waals surface area contributed by atoms with Gasteiger partial charge in [-0.15, -0.1) is 0 Å². The monoisotopic (exact) mass is 333 g/mol. The van der Waals surface area contributed by atoms with Crippen molar-refractivity contribution in [2.75, 3.05) is 6.54 Å². The Hall–Kier alpha value is -2.64. The maximum atomic E-state index is 12.6. The van der Waals surface area contributed by atoms with Crippen molar-refractivity contribution < 1.29 is 14.7 Å². The molecule has 0 radical (unpaired) electrons. The fourth-order valence-corrected chi connectivity index (χ4v) is 2.40. The highest BCUT2D eigenvalue weighted by atomic mass is 16.4. The molecule has 8 nitrogen and oxygen atoms in total. The molecule has 24 heavy (non-hydrogen) atoms. The van der Waals surface area contributed by atoms with E-state index in [0.717, 1.165) is 17.8 Å². The molecule has 0 saturated carbocycles. The predicted octanol–water partition coefficient (Wildman–Crippen LogP) is 1.54. The van der Waals surface area contributed by atoms with Gasteiger partial charge >= 0.3 is 5.97 Å². The van der Waals surface area contributed by atoms with E-state index in [1.54, 1.807) is 11.1 Å². The minimum atomic E-state index is -0.892. The minimum absolute atomic E-state index is 0.0256. The van der Waals surface area contributed by atoms with Gasteiger partial charge in [-0.2, -0.15) is 10.2 Å². The minimum Gasteiger partial charge on any atom is -0.481 e. The molecule has 2 rings (SSSR count). The van der Waals surface area contributed by atoms with Crippen molar-refractivity contribution >= 4 is 11.9 Å². The Labute approximate surface area is 140 Å². The highest BCUT2D eigenvalue weighted by Crippen LogP contribution is 2.13. The van der Waals surface area contributed by atoms with Crippen LogP contribution in [-0.4, -0.2) is 48.0 Å². The average molecular weight is 333 g/mol. The fourth-order valence-electron chi connectivity index (χ4n) is 2.40. The first-order valence-electron chi connectivity index (χ1n) is 8.01. The zero-order valence-corrected chi connectivity index (χ0v) is 14.3. The van der Waals surface area contributed by atoms with Gasteiger partial charge in [-0.1, -0.05) is 0 Å². The number of hydrogen-bond donors (Lipinski definition) is 1. The summed E-state index contributed by atoms with van der Waals surface area (Å²) in [6.45, 7) is 7.96. The van der Waals surface area contributed by atoms with Crippen LogP contribution in [0.2, 0.25) is 0 Å². The van der Waals surface area contributed by atoms with E-state index in [-0.39, 0.29) is 18.9 Å². The van der Waals surface area contributed by atoms with Gasteiger partial charge in [-0.05, 0) is 20.8 Å². The summed E-state index contributed by atoms with van der Waals surface area (Å²) in [5.74, 6) is -1.01. The number of amides is 1. The Kier molecular flexibility index (Phi) is 5.73. The van der Waals surface area contributed by atoms with Crippen molar-refractivity contribution in [3.8, 4) is 0 Å². The van der Waals surface area contributed by atoms with Gasteiger partial charge in [0.05, 0.1) is 30.4 Å². The van der Waals surface area contributed by atoms with Crippen LogP contribution in [0.25, 0.3) is 0 Å². The van der Waals surface area contributed by atoms with Crippen LogP contribution in [0.3, 0.4) is 0 Å². The van der Waals surface area contributed by atoms with Gasteiger partial charge in [0.25, 0.3) is 5.91 Å². The first kappa shape index (κ1) is 17.7. The zero-order chi connectivity index (χ0) is 17.7. The Morgan fingerprint density at radius 1 is 1.25 bits per heavy atom. The quantitative estimate of drug-likeness (QED) is 0.791. The second kappa shape index (κ2) is 7.76. The maximum absolute atomic E-state index is 12.6. The molecular weight excluding hydrogens is 310 g/mol. The molecule has 0 aliphatic heterocycles. The number of hydrogen-bond acceptors (Lipinski definition) is 4. The number of carbonyl (C=O) groups is 2. The van der Waals surface area contributed by atoms with Crippen LogP contribution in [0.1, 0.15) is 41.9 Å². The van der Waals surface area contributed by atoms with Crippen molar-refractivity contribution in [1.82, 2.24) is 24.5 Å². The molecule has 1 amide bonds. The number of aryl methyl sites for hydroxylation is 3. The number of carboxylic acid groups (broad SMARTS) is 1. The molecule has 0 saturated heterocycles. The molecule has 0 aromatic carbocycles. The second-order valence-corrected chi connectivity index (χ2v) is 5.55. The zero-order valence-electron chi connectivity index (χ0n) is 14.3. The van der Waals surface area contributed by atoms with E-state index in [1.807, 2.05) is 31.6 Å². The van der Waals surface area contributed by atoms with Crippen LogP contribution in [0, 0.1) is 6.92 Å². The fraction of sp³-hybridized carbons (Fsp3) is 0.500. The number of carboxylic acids is 1. The van der Waals surface area contributed by atoms with Crippen molar-refractivity contribution in [1.29, 1.82) is 0 Å². The molecule has 0 aliphatic carbocycles. The molecule has 0 atom stereocenters. The van der Waals surface area contributed by atoms with Crippen LogP contribution in [0.5, 0.6) is 0 Å². The average Bonchev–Trinajstić information content (AvgIpc) is 3.16. The Balaban J connectivity index is 2.08. The summed E-state index contributed by atoms with van der Waals surface area (Å²) in [6.07, 6.45) is 5.01. The number of nitrogens with zero attached hydrogens (tertiary/aromatic N) is 5. The third-order valence-electron chi connectivity index (χ3n) is 3.84. The number of rotatable bonds is 8. The highest BCUT2D eigenvalue weighted by molar-refractivity contribution is 5.93. The van der Waals surface area contributed by atoms with Crippen molar-refractivity contribution in [2.24, 2.45) is 0 Å². The molecule has 0 unspecified atom stereocenters. The normalized spacial score (nSPS) is 10.8. The van der Waals surface area contributed by atoms with E-state index >= 15 is 0 Å². The van der Waals surface area contributed by atoms with Crippen LogP contribution < -0.4 is 0 Å². The molecule has 0 bridgehead atoms. The third kappa shape index (κ3) is 4.21. The summed E-state index contributed by atoms with van der Waals surface area (Å²) in [5, 5.41) is 17.2. The van der Waals surface area contributed by atoms with Gasteiger partial charge in [-0.3, -0.25) is 19.0 Å². The Bertz CT molecular complexity index is 719. The number of aliphatic carboxylic acids is 1. The first-order chi connectivity index (χ1) is 11.4. The van der Waals surface area contributed by atoms with Crippen LogP contribution in [0.4, 0.5) is 0 Å². The highest BCUT2D eigenvalue weighted by Gasteiger charge is 2.18. The molecule has 0 aliphatic rings. The standard InChI is InChI=1S/C16H23N5O3/c1-4-19(9-14-11-20(5-2)18-12(14)3)16(24)13-8-17-21(10-13)7-6-15(22)23/h8,10-11H,4-7,9H2,1-3H3,(H,22,23). The molecule has 1 N–H and O–H groups in total. The molecule has 0 fully saturated rings. The van der Waals surface area contributed by atoms with Crippen LogP contribution >= 0.6 is 0 Å². The Morgan fingerprint density at radius 3 is 2.58 bits per heavy atom. The van der Waals surface area contributed by atoms with Gasteiger partial charge in [0, 0.05) is 37.6 Å². The summed E-state index contributed by atoms with van der Waals surface area (Å²) in [4.78, 5) is 25.0. The topological polar surface area (TPSA) is 93.3 Å². The number of carbonyl (C=O) groups excluding carboxylic acids is 1. The van der Waals surface area contributed by atoms with Crippen LogP contribution in [-0.2, 0) is 24.4 Å². The SMILES string of the molecule is CCN(Cc1cn(CC)nc1C)C(=O)c1cnn(CCC(=O)O)c1. The summed E-state index contributed by atoms with van der Waals surface area (Å²) in [6, 6.07) is 0. The molecule has 0 spiro atoms. The van der Waals surface area contributed by atoms with Gasteiger partial charge in [0.15, 0.2) is 0 Å². The van der Waals surface area contributed by atoms with Crippen molar-refractivity contribution in [3.05, 3.63) is 35.4 Å². The number of aromatic nitrogens is 4. The molecule has 2 heterocycles. The van der Waals surface area contributed by atoms with Crippen molar-refractivity contribution in [3.63, 3.8) is 0 Å². The summed E-state index contributed by atoms with van der Waals surface area (Å²) < 4.78 is 3.34. The Morgan fingerprint density at radius 2 is 2.00 bits per heavy atom.